The van der Waals surface area contributed by atoms with Crippen LogP contribution in [0.15, 0.2) is 35.5 Å². The lowest BCUT2D eigenvalue weighted by molar-refractivity contribution is 0.388. The Morgan fingerprint density at radius 1 is 1.11 bits per heavy atom. The van der Waals surface area contributed by atoms with Crippen LogP contribution in [0.4, 0.5) is 10.1 Å². The van der Waals surface area contributed by atoms with E-state index in [-0.39, 0.29) is 22.1 Å². The minimum Gasteiger partial charge on any atom is -0.495 e. The van der Waals surface area contributed by atoms with Gasteiger partial charge in [-0.3, -0.25) is 4.40 Å². The number of hydrogen-bond donors (Lipinski definition) is 1. The lowest BCUT2D eigenvalue weighted by Crippen LogP contribution is -2.28. The summed E-state index contributed by atoms with van der Waals surface area (Å²) in [7, 11) is -0.950. The molecule has 0 bridgehead atoms. The number of pyridine rings is 1. The van der Waals surface area contributed by atoms with Gasteiger partial charge in [0.2, 0.25) is 0 Å². The summed E-state index contributed by atoms with van der Waals surface area (Å²) in [5.41, 5.74) is 7.21. The number of methoxy groups -OCH3 is 2. The predicted molar refractivity (Wildman–Crippen MR) is 105 cm³/mol. The second kappa shape index (κ2) is 6.66. The van der Waals surface area contributed by atoms with E-state index in [9.17, 15) is 12.8 Å². The summed E-state index contributed by atoms with van der Waals surface area (Å²) in [5.74, 6) is -0.463. The van der Waals surface area contributed by atoms with Gasteiger partial charge < -0.3 is 15.2 Å². The molecule has 3 rings (SSSR count). The molecule has 0 unspecified atom stereocenters. The van der Waals surface area contributed by atoms with Gasteiger partial charge in [-0.2, -0.15) is 0 Å². The third-order valence-corrected chi connectivity index (χ3v) is 6.97. The molecule has 2 aromatic heterocycles. The average molecular weight is 407 g/mol. The minimum absolute atomic E-state index is 0.0130. The Morgan fingerprint density at radius 3 is 2.32 bits per heavy atom. The Morgan fingerprint density at radius 2 is 1.75 bits per heavy atom. The van der Waals surface area contributed by atoms with Crippen LogP contribution in [0.1, 0.15) is 20.8 Å². The fraction of sp³-hybridized carbons (Fsp3) is 0.316. The smallest absolute Gasteiger partial charge is 0.188 e. The van der Waals surface area contributed by atoms with Gasteiger partial charge in [-0.15, -0.1) is 0 Å². The van der Waals surface area contributed by atoms with E-state index in [1.165, 1.54) is 32.5 Å². The molecular weight excluding hydrogens is 385 g/mol. The fourth-order valence-electron chi connectivity index (χ4n) is 2.81. The van der Waals surface area contributed by atoms with Crippen molar-refractivity contribution in [2.45, 2.75) is 30.4 Å². The first-order valence-corrected chi connectivity index (χ1v) is 9.92. The molecule has 0 fully saturated rings. The molecule has 150 valence electrons. The summed E-state index contributed by atoms with van der Waals surface area (Å²) in [5, 5.41) is 0. The van der Waals surface area contributed by atoms with Gasteiger partial charge in [0.1, 0.15) is 16.3 Å². The number of rotatable bonds is 4. The quantitative estimate of drug-likeness (QED) is 0.667. The number of fused-ring (bicyclic) bond motifs is 1. The molecule has 0 radical (unpaired) electrons. The molecule has 0 spiro atoms. The van der Waals surface area contributed by atoms with Crippen LogP contribution in [-0.2, 0) is 9.84 Å². The lowest BCUT2D eigenvalue weighted by atomic mass is 10.1. The van der Waals surface area contributed by atoms with Gasteiger partial charge in [0.05, 0.1) is 36.5 Å². The maximum Gasteiger partial charge on any atom is 0.188 e. The number of ether oxygens (including phenoxy) is 2. The number of nitrogen functional groups attached to an aromatic ring is 1. The highest BCUT2D eigenvalue weighted by Gasteiger charge is 2.34. The summed E-state index contributed by atoms with van der Waals surface area (Å²) >= 11 is 0. The fourth-order valence-corrected chi connectivity index (χ4v) is 4.12. The first kappa shape index (κ1) is 19.9. The molecule has 0 aliphatic carbocycles. The first-order valence-electron chi connectivity index (χ1n) is 8.44. The monoisotopic (exact) mass is 407 g/mol. The van der Waals surface area contributed by atoms with E-state index in [2.05, 4.69) is 4.98 Å². The molecule has 1 aromatic carbocycles. The second-order valence-corrected chi connectivity index (χ2v) is 9.95. The van der Waals surface area contributed by atoms with Gasteiger partial charge in [0.25, 0.3) is 0 Å². The van der Waals surface area contributed by atoms with Crippen molar-refractivity contribution in [3.8, 4) is 22.8 Å². The van der Waals surface area contributed by atoms with Crippen molar-refractivity contribution in [3.05, 3.63) is 36.4 Å². The van der Waals surface area contributed by atoms with E-state index in [0.717, 1.165) is 0 Å². The Kier molecular flexibility index (Phi) is 4.74. The first-order chi connectivity index (χ1) is 13.0. The van der Waals surface area contributed by atoms with Crippen LogP contribution >= 0.6 is 0 Å². The minimum atomic E-state index is -3.70. The molecule has 0 atom stereocenters. The van der Waals surface area contributed by atoms with Crippen molar-refractivity contribution in [1.29, 1.82) is 0 Å². The molecule has 2 N–H and O–H groups in total. The molecule has 7 nitrogen and oxygen atoms in total. The highest BCUT2D eigenvalue weighted by molar-refractivity contribution is 7.92. The van der Waals surface area contributed by atoms with Crippen molar-refractivity contribution in [3.63, 3.8) is 0 Å². The van der Waals surface area contributed by atoms with Gasteiger partial charge >= 0.3 is 0 Å². The van der Waals surface area contributed by atoms with E-state index in [4.69, 9.17) is 15.2 Å². The third kappa shape index (κ3) is 3.05. The highest BCUT2D eigenvalue weighted by atomic mass is 32.2. The molecule has 0 amide bonds. The normalized spacial score (nSPS) is 12.4. The van der Waals surface area contributed by atoms with Gasteiger partial charge in [0.15, 0.2) is 21.4 Å². The van der Waals surface area contributed by atoms with Gasteiger partial charge in [-0.1, -0.05) is 0 Å². The number of nitrogens with two attached hydrogens (primary N) is 1. The zero-order valence-corrected chi connectivity index (χ0v) is 17.1. The Balaban J connectivity index is 2.32. The molecular formula is C19H22FN3O4S. The third-order valence-electron chi connectivity index (χ3n) is 4.47. The Hall–Kier alpha value is -2.81. The van der Waals surface area contributed by atoms with Crippen molar-refractivity contribution >= 4 is 21.2 Å². The molecule has 0 saturated heterocycles. The Bertz CT molecular complexity index is 1160. The zero-order chi connectivity index (χ0) is 20.9. The molecule has 0 saturated carbocycles. The summed E-state index contributed by atoms with van der Waals surface area (Å²) in [4.78, 5) is 4.35. The summed E-state index contributed by atoms with van der Waals surface area (Å²) in [6, 6.07) is 4.48. The summed E-state index contributed by atoms with van der Waals surface area (Å²) in [6.07, 6.45) is 3.01. The lowest BCUT2D eigenvalue weighted by Gasteiger charge is -2.21. The van der Waals surface area contributed by atoms with Crippen LogP contribution in [-0.4, -0.2) is 36.8 Å². The van der Waals surface area contributed by atoms with Crippen molar-refractivity contribution in [2.75, 3.05) is 20.0 Å². The van der Waals surface area contributed by atoms with Crippen LogP contribution in [0.25, 0.3) is 16.9 Å². The number of benzene rings is 1. The molecule has 9 heteroatoms. The largest absolute Gasteiger partial charge is 0.495 e. The molecule has 3 aromatic rings. The van der Waals surface area contributed by atoms with E-state index in [1.54, 1.807) is 37.4 Å². The standard InChI is InChI=1S/C19H22FN3O4S/c1-19(2,3)28(24,25)16-10-23-13(9-22-17(23)8-14(16)26-4)11-6-12(21)18(20)15(7-11)27-5/h6-10H,21H2,1-5H3. The van der Waals surface area contributed by atoms with Crippen LogP contribution < -0.4 is 15.2 Å². The maximum absolute atomic E-state index is 14.0. The number of anilines is 1. The molecule has 28 heavy (non-hydrogen) atoms. The number of sulfone groups is 1. The van der Waals surface area contributed by atoms with Gasteiger partial charge in [-0.25, -0.2) is 17.8 Å². The average Bonchev–Trinajstić information content (AvgIpc) is 3.04. The summed E-state index contributed by atoms with van der Waals surface area (Å²) in [6.45, 7) is 4.85. The van der Waals surface area contributed by atoms with Crippen LogP contribution in [0.5, 0.6) is 11.5 Å². The van der Waals surface area contributed by atoms with E-state index >= 15 is 0 Å². The zero-order valence-electron chi connectivity index (χ0n) is 16.3. The van der Waals surface area contributed by atoms with E-state index in [0.29, 0.717) is 16.9 Å². The number of aromatic nitrogens is 2. The number of nitrogens with zero attached hydrogens (tertiary/aromatic N) is 2. The number of imidazole rings is 1. The van der Waals surface area contributed by atoms with Crippen LogP contribution in [0.2, 0.25) is 0 Å². The van der Waals surface area contributed by atoms with E-state index < -0.39 is 20.4 Å². The molecule has 0 aliphatic heterocycles. The number of hydrogen-bond acceptors (Lipinski definition) is 6. The Labute approximate surface area is 162 Å². The van der Waals surface area contributed by atoms with Gasteiger partial charge in [0, 0.05) is 17.8 Å². The SMILES string of the molecule is COc1cc2ncc(-c3cc(N)c(F)c(OC)c3)n2cc1S(=O)(=O)C(C)(C)C. The van der Waals surface area contributed by atoms with Crippen LogP contribution in [0, 0.1) is 5.82 Å². The van der Waals surface area contributed by atoms with Crippen molar-refractivity contribution in [1.82, 2.24) is 9.38 Å². The maximum atomic E-state index is 14.0. The van der Waals surface area contributed by atoms with Crippen molar-refractivity contribution < 1.29 is 22.3 Å². The van der Waals surface area contributed by atoms with Gasteiger partial charge in [-0.05, 0) is 32.9 Å². The van der Waals surface area contributed by atoms with Crippen molar-refractivity contribution in [2.24, 2.45) is 0 Å². The van der Waals surface area contributed by atoms with E-state index in [1.807, 2.05) is 0 Å². The second-order valence-electron chi connectivity index (χ2n) is 7.28. The summed E-state index contributed by atoms with van der Waals surface area (Å²) < 4.78 is 51.0. The highest BCUT2D eigenvalue weighted by Crippen LogP contribution is 2.36. The molecule has 2 heterocycles. The molecule has 0 aliphatic rings. The number of halogens is 1. The van der Waals surface area contributed by atoms with Crippen LogP contribution in [0.3, 0.4) is 0 Å². The topological polar surface area (TPSA) is 95.9 Å². The predicted octanol–water partition coefficient (Wildman–Crippen LogP) is 3.31.